The average molecular weight is 331 g/mol. The molecule has 1 saturated heterocycles. The van der Waals surface area contributed by atoms with Crippen molar-refractivity contribution in [2.45, 2.75) is 18.6 Å². The summed E-state index contributed by atoms with van der Waals surface area (Å²) in [6.45, 7) is -2.95. The van der Waals surface area contributed by atoms with Crippen LogP contribution >= 0.6 is 0 Å². The summed E-state index contributed by atoms with van der Waals surface area (Å²) in [5.41, 5.74) is -1.45. The average Bonchev–Trinajstić information content (AvgIpc) is 2.96. The Kier molecular flexibility index (Phi) is 4.99. The summed E-state index contributed by atoms with van der Waals surface area (Å²) in [6, 6.07) is 3.58. The first-order chi connectivity index (χ1) is 10.9. The topological polar surface area (TPSA) is 94.1 Å². The summed E-state index contributed by atoms with van der Waals surface area (Å²) in [4.78, 5) is 23.6. The van der Waals surface area contributed by atoms with Gasteiger partial charge in [0.15, 0.2) is 17.0 Å². The van der Waals surface area contributed by atoms with Gasteiger partial charge >= 0.3 is 12.6 Å². The number of carboxylic acids is 1. The third-order valence-electron chi connectivity index (χ3n) is 3.43. The van der Waals surface area contributed by atoms with Crippen LogP contribution in [0, 0.1) is 0 Å². The lowest BCUT2D eigenvalue weighted by Crippen LogP contribution is -2.55. The van der Waals surface area contributed by atoms with E-state index in [-0.39, 0.29) is 36.7 Å². The largest absolute Gasteiger partial charge is 0.493 e. The Morgan fingerprint density at radius 2 is 2.13 bits per heavy atom. The predicted molar refractivity (Wildman–Crippen MR) is 72.9 cm³/mol. The van der Waals surface area contributed by atoms with Crippen molar-refractivity contribution in [3.63, 3.8) is 0 Å². The van der Waals surface area contributed by atoms with Gasteiger partial charge in [-0.15, -0.1) is 0 Å². The third-order valence-corrected chi connectivity index (χ3v) is 3.43. The highest BCUT2D eigenvalue weighted by atomic mass is 19.3. The molecule has 1 unspecified atom stereocenters. The van der Waals surface area contributed by atoms with Gasteiger partial charge in [0.2, 0.25) is 0 Å². The van der Waals surface area contributed by atoms with Gasteiger partial charge in [0.25, 0.3) is 5.91 Å². The van der Waals surface area contributed by atoms with Crippen LogP contribution in [-0.2, 0) is 9.53 Å². The van der Waals surface area contributed by atoms with Crippen molar-refractivity contribution in [3.8, 4) is 11.5 Å². The first-order valence-corrected chi connectivity index (χ1v) is 6.64. The molecule has 9 heteroatoms. The Morgan fingerprint density at radius 1 is 1.39 bits per heavy atom. The normalized spacial score (nSPS) is 20.3. The second-order valence-corrected chi connectivity index (χ2v) is 4.89. The molecular formula is C14H15F2NO6. The number of aliphatic carboxylic acids is 1. The van der Waals surface area contributed by atoms with E-state index in [1.54, 1.807) is 0 Å². The molecule has 1 fully saturated rings. The number of hydrogen-bond donors (Lipinski definition) is 2. The molecule has 23 heavy (non-hydrogen) atoms. The first kappa shape index (κ1) is 16.9. The number of nitrogens with one attached hydrogen (secondary N) is 1. The maximum atomic E-state index is 12.3. The van der Waals surface area contributed by atoms with Crippen molar-refractivity contribution in [3.05, 3.63) is 23.8 Å². The SMILES string of the molecule is COc1cc(C(=O)NC2(C(=O)O)CCOC2)ccc1OC(F)F. The zero-order valence-corrected chi connectivity index (χ0v) is 12.2. The summed E-state index contributed by atoms with van der Waals surface area (Å²) in [6.07, 6.45) is 0.137. The summed E-state index contributed by atoms with van der Waals surface area (Å²) >= 11 is 0. The highest BCUT2D eigenvalue weighted by molar-refractivity contribution is 5.98. The van der Waals surface area contributed by atoms with Crippen molar-refractivity contribution in [2.75, 3.05) is 20.3 Å². The smallest absolute Gasteiger partial charge is 0.387 e. The summed E-state index contributed by atoms with van der Waals surface area (Å²) in [7, 11) is 1.24. The molecule has 1 heterocycles. The minimum Gasteiger partial charge on any atom is -0.493 e. The zero-order chi connectivity index (χ0) is 17.0. The molecule has 1 atom stereocenters. The minimum atomic E-state index is -3.03. The Bertz CT molecular complexity index is 601. The molecule has 0 spiro atoms. The number of ether oxygens (including phenoxy) is 3. The van der Waals surface area contributed by atoms with Crippen LogP contribution in [0.5, 0.6) is 11.5 Å². The summed E-state index contributed by atoms with van der Waals surface area (Å²) < 4.78 is 38.7. The highest BCUT2D eigenvalue weighted by Gasteiger charge is 2.44. The van der Waals surface area contributed by atoms with Crippen LogP contribution in [0.4, 0.5) is 8.78 Å². The van der Waals surface area contributed by atoms with Gasteiger partial charge in [0.1, 0.15) is 0 Å². The number of carboxylic acid groups (broad SMARTS) is 1. The number of hydrogen-bond acceptors (Lipinski definition) is 5. The zero-order valence-electron chi connectivity index (χ0n) is 12.2. The Hall–Kier alpha value is -2.42. The van der Waals surface area contributed by atoms with Crippen molar-refractivity contribution in [2.24, 2.45) is 0 Å². The summed E-state index contributed by atoms with van der Waals surface area (Å²) in [5, 5.41) is 11.7. The molecule has 126 valence electrons. The van der Waals surface area contributed by atoms with Crippen molar-refractivity contribution in [1.82, 2.24) is 5.32 Å². The van der Waals surface area contributed by atoms with Crippen molar-refractivity contribution >= 4 is 11.9 Å². The van der Waals surface area contributed by atoms with E-state index in [2.05, 4.69) is 10.1 Å². The van der Waals surface area contributed by atoms with Crippen LogP contribution < -0.4 is 14.8 Å². The Balaban J connectivity index is 2.20. The fourth-order valence-corrected chi connectivity index (χ4v) is 2.18. The van der Waals surface area contributed by atoms with E-state index >= 15 is 0 Å². The number of methoxy groups -OCH3 is 1. The quantitative estimate of drug-likeness (QED) is 0.815. The molecule has 1 amide bonds. The van der Waals surface area contributed by atoms with Gasteiger partial charge < -0.3 is 24.6 Å². The van der Waals surface area contributed by atoms with Gasteiger partial charge in [0.05, 0.1) is 13.7 Å². The molecule has 0 aliphatic carbocycles. The van der Waals surface area contributed by atoms with E-state index in [0.29, 0.717) is 0 Å². The number of carbonyl (C=O) groups excluding carboxylic acids is 1. The summed E-state index contributed by atoms with van der Waals surface area (Å²) in [5.74, 6) is -2.17. The number of amides is 1. The monoisotopic (exact) mass is 331 g/mol. The van der Waals surface area contributed by atoms with Crippen LogP contribution in [0.2, 0.25) is 0 Å². The van der Waals surface area contributed by atoms with Crippen LogP contribution in [-0.4, -0.2) is 49.5 Å². The van der Waals surface area contributed by atoms with E-state index in [1.807, 2.05) is 0 Å². The molecule has 2 N–H and O–H groups in total. The van der Waals surface area contributed by atoms with Gasteiger partial charge in [-0.05, 0) is 18.2 Å². The van der Waals surface area contributed by atoms with Crippen LogP contribution in [0.3, 0.4) is 0 Å². The minimum absolute atomic E-state index is 0.0518. The lowest BCUT2D eigenvalue weighted by atomic mass is 9.98. The standard InChI is InChI=1S/C14H15F2NO6/c1-21-10-6-8(2-3-9(10)23-13(15)16)11(18)17-14(12(19)20)4-5-22-7-14/h2-3,6,13H,4-5,7H2,1H3,(H,17,18)(H,19,20). The number of halogens is 2. The number of alkyl halides is 2. The molecule has 0 bridgehead atoms. The fourth-order valence-electron chi connectivity index (χ4n) is 2.18. The third kappa shape index (κ3) is 3.67. The molecule has 2 rings (SSSR count). The molecular weight excluding hydrogens is 316 g/mol. The van der Waals surface area contributed by atoms with E-state index in [1.165, 1.54) is 19.2 Å². The first-order valence-electron chi connectivity index (χ1n) is 6.64. The maximum Gasteiger partial charge on any atom is 0.387 e. The van der Waals surface area contributed by atoms with Crippen molar-refractivity contribution < 1.29 is 37.7 Å². The molecule has 0 saturated carbocycles. The lowest BCUT2D eigenvalue weighted by Gasteiger charge is -2.23. The second-order valence-electron chi connectivity index (χ2n) is 4.89. The van der Waals surface area contributed by atoms with Crippen LogP contribution in [0.1, 0.15) is 16.8 Å². The van der Waals surface area contributed by atoms with Gasteiger partial charge in [-0.25, -0.2) is 4.79 Å². The van der Waals surface area contributed by atoms with Crippen LogP contribution in [0.25, 0.3) is 0 Å². The van der Waals surface area contributed by atoms with Gasteiger partial charge in [-0.3, -0.25) is 4.79 Å². The van der Waals surface area contributed by atoms with Gasteiger partial charge in [0, 0.05) is 18.6 Å². The van der Waals surface area contributed by atoms with Crippen LogP contribution in [0.15, 0.2) is 18.2 Å². The number of carbonyl (C=O) groups is 2. The van der Waals surface area contributed by atoms with Gasteiger partial charge in [-0.1, -0.05) is 0 Å². The molecule has 0 radical (unpaired) electrons. The Morgan fingerprint density at radius 3 is 2.65 bits per heavy atom. The second kappa shape index (κ2) is 6.78. The molecule has 1 aromatic carbocycles. The predicted octanol–water partition coefficient (Wildman–Crippen LogP) is 1.27. The number of benzene rings is 1. The molecule has 1 aliphatic rings. The Labute approximate surface area is 130 Å². The molecule has 1 aliphatic heterocycles. The molecule has 7 nitrogen and oxygen atoms in total. The van der Waals surface area contributed by atoms with Crippen molar-refractivity contribution in [1.29, 1.82) is 0 Å². The van der Waals surface area contributed by atoms with E-state index in [4.69, 9.17) is 9.47 Å². The molecule has 0 aromatic heterocycles. The lowest BCUT2D eigenvalue weighted by molar-refractivity contribution is -0.144. The van der Waals surface area contributed by atoms with E-state index in [0.717, 1.165) is 6.07 Å². The van der Waals surface area contributed by atoms with E-state index in [9.17, 15) is 23.5 Å². The fraction of sp³-hybridized carbons (Fsp3) is 0.429. The maximum absolute atomic E-state index is 12.3. The molecule has 1 aromatic rings. The number of rotatable bonds is 6. The van der Waals surface area contributed by atoms with E-state index < -0.39 is 24.0 Å². The van der Waals surface area contributed by atoms with Gasteiger partial charge in [-0.2, -0.15) is 8.78 Å². The highest BCUT2D eigenvalue weighted by Crippen LogP contribution is 2.30.